The van der Waals surface area contributed by atoms with Crippen LogP contribution in [0.2, 0.25) is 5.02 Å². The van der Waals surface area contributed by atoms with Gasteiger partial charge < -0.3 is 10.1 Å². The molecule has 0 atom stereocenters. The number of hydrogen-bond donors (Lipinski definition) is 3. The number of nitrogens with zero attached hydrogens (tertiary/aromatic N) is 1. The summed E-state index contributed by atoms with van der Waals surface area (Å²) in [7, 11) is 0. The highest BCUT2D eigenvalue weighted by molar-refractivity contribution is 6.31. The van der Waals surface area contributed by atoms with Crippen molar-refractivity contribution in [2.24, 2.45) is 0 Å². The Morgan fingerprint density at radius 1 is 1.27 bits per heavy atom. The van der Waals surface area contributed by atoms with Crippen LogP contribution in [-0.2, 0) is 6.42 Å². The molecular formula is C15H13Cl2N3O2. The van der Waals surface area contributed by atoms with Gasteiger partial charge in [0.2, 0.25) is 5.95 Å². The Morgan fingerprint density at radius 2 is 2.05 bits per heavy atom. The first-order valence-electron chi connectivity index (χ1n) is 6.34. The average molecular weight is 338 g/mol. The van der Waals surface area contributed by atoms with Gasteiger partial charge in [-0.05, 0) is 35.7 Å². The summed E-state index contributed by atoms with van der Waals surface area (Å²) in [5.74, 6) is 0.215. The van der Waals surface area contributed by atoms with Crippen LogP contribution in [0.5, 0.6) is 0 Å². The molecule has 3 aromatic rings. The third-order valence-electron chi connectivity index (χ3n) is 3.13. The highest BCUT2D eigenvalue weighted by Crippen LogP contribution is 2.22. The first kappa shape index (κ1) is 16.1. The Kier molecular flexibility index (Phi) is 4.90. The van der Waals surface area contributed by atoms with E-state index in [0.717, 1.165) is 21.7 Å². The standard InChI is InChI=1S/C15H12ClN3O2.ClH/c16-11-4-2-1-3-10(11)7-9-5-6-12-13(8-9)18-14(17-12)19-15(20)21;/h1-6,8H,7H2,(H,20,21)(H2,17,18,19);1H. The maximum absolute atomic E-state index is 10.6. The Labute approximate surface area is 137 Å². The Balaban J connectivity index is 0.00000176. The van der Waals surface area contributed by atoms with Crippen molar-refractivity contribution in [3.8, 4) is 0 Å². The number of anilines is 1. The van der Waals surface area contributed by atoms with E-state index >= 15 is 0 Å². The molecule has 3 rings (SSSR count). The van der Waals surface area contributed by atoms with Gasteiger partial charge in [0.1, 0.15) is 0 Å². The molecule has 2 aromatic carbocycles. The number of imidazole rings is 1. The molecule has 114 valence electrons. The van der Waals surface area contributed by atoms with Crippen molar-refractivity contribution in [2.75, 3.05) is 5.32 Å². The minimum atomic E-state index is -1.15. The number of hydrogen-bond acceptors (Lipinski definition) is 2. The van der Waals surface area contributed by atoms with Crippen LogP contribution in [0.4, 0.5) is 10.7 Å². The van der Waals surface area contributed by atoms with E-state index in [0.29, 0.717) is 11.9 Å². The van der Waals surface area contributed by atoms with Gasteiger partial charge in [0.05, 0.1) is 11.0 Å². The van der Waals surface area contributed by atoms with Crippen molar-refractivity contribution in [2.45, 2.75) is 6.42 Å². The number of fused-ring (bicyclic) bond motifs is 1. The summed E-state index contributed by atoms with van der Waals surface area (Å²) in [5, 5.41) is 11.6. The maximum atomic E-state index is 10.6. The minimum absolute atomic E-state index is 0. The van der Waals surface area contributed by atoms with Gasteiger partial charge >= 0.3 is 6.09 Å². The molecule has 1 aromatic heterocycles. The second kappa shape index (κ2) is 6.68. The number of amides is 1. The Morgan fingerprint density at radius 3 is 2.77 bits per heavy atom. The summed E-state index contributed by atoms with van der Waals surface area (Å²) in [6, 6.07) is 13.4. The fourth-order valence-electron chi connectivity index (χ4n) is 2.18. The molecule has 3 N–H and O–H groups in total. The molecule has 0 aliphatic carbocycles. The molecule has 0 saturated carbocycles. The van der Waals surface area contributed by atoms with Crippen LogP contribution < -0.4 is 5.32 Å². The molecule has 7 heteroatoms. The third-order valence-corrected chi connectivity index (χ3v) is 3.49. The topological polar surface area (TPSA) is 78.0 Å². The van der Waals surface area contributed by atoms with Gasteiger partial charge in [-0.2, -0.15) is 0 Å². The summed E-state index contributed by atoms with van der Waals surface area (Å²) in [6.45, 7) is 0. The van der Waals surface area contributed by atoms with Crippen LogP contribution in [0.3, 0.4) is 0 Å². The molecule has 5 nitrogen and oxygen atoms in total. The molecule has 0 aliphatic heterocycles. The summed E-state index contributed by atoms with van der Waals surface area (Å²) in [6.07, 6.45) is -0.449. The zero-order valence-electron chi connectivity index (χ0n) is 11.3. The average Bonchev–Trinajstić information content (AvgIpc) is 2.82. The number of carbonyl (C=O) groups is 1. The van der Waals surface area contributed by atoms with Crippen molar-refractivity contribution < 1.29 is 9.90 Å². The summed E-state index contributed by atoms with van der Waals surface area (Å²) in [4.78, 5) is 17.7. The number of carboxylic acid groups (broad SMARTS) is 1. The fraction of sp³-hybridized carbons (Fsp3) is 0.0667. The van der Waals surface area contributed by atoms with E-state index in [1.54, 1.807) is 0 Å². The molecule has 0 spiro atoms. The molecular weight excluding hydrogens is 325 g/mol. The lowest BCUT2D eigenvalue weighted by atomic mass is 10.0. The molecule has 0 saturated heterocycles. The Hall–Kier alpha value is -2.24. The van der Waals surface area contributed by atoms with Gasteiger partial charge in [0.15, 0.2) is 0 Å². The predicted octanol–water partition coefficient (Wildman–Crippen LogP) is 4.32. The molecule has 0 radical (unpaired) electrons. The molecule has 22 heavy (non-hydrogen) atoms. The molecule has 1 amide bonds. The van der Waals surface area contributed by atoms with E-state index < -0.39 is 6.09 Å². The highest BCUT2D eigenvalue weighted by atomic mass is 35.5. The van der Waals surface area contributed by atoms with Gasteiger partial charge in [0.25, 0.3) is 0 Å². The lowest BCUT2D eigenvalue weighted by Gasteiger charge is -2.04. The van der Waals surface area contributed by atoms with Crippen molar-refractivity contribution >= 4 is 47.1 Å². The quantitative estimate of drug-likeness (QED) is 0.665. The molecule has 1 heterocycles. The first-order valence-corrected chi connectivity index (χ1v) is 6.71. The van der Waals surface area contributed by atoms with Gasteiger partial charge in [0, 0.05) is 5.02 Å². The molecule has 0 unspecified atom stereocenters. The monoisotopic (exact) mass is 337 g/mol. The predicted molar refractivity (Wildman–Crippen MR) is 89.2 cm³/mol. The van der Waals surface area contributed by atoms with E-state index in [1.165, 1.54) is 0 Å². The zero-order chi connectivity index (χ0) is 14.8. The van der Waals surface area contributed by atoms with Crippen molar-refractivity contribution in [3.63, 3.8) is 0 Å². The van der Waals surface area contributed by atoms with Gasteiger partial charge in [-0.25, -0.2) is 9.78 Å². The number of halogens is 2. The van der Waals surface area contributed by atoms with Gasteiger partial charge in [-0.1, -0.05) is 35.9 Å². The zero-order valence-corrected chi connectivity index (χ0v) is 12.9. The summed E-state index contributed by atoms with van der Waals surface area (Å²) >= 11 is 6.16. The van der Waals surface area contributed by atoms with E-state index in [2.05, 4.69) is 15.3 Å². The fourth-order valence-corrected chi connectivity index (χ4v) is 2.39. The Bertz CT molecular complexity index is 817. The molecule has 0 bridgehead atoms. The summed E-state index contributed by atoms with van der Waals surface area (Å²) < 4.78 is 0. The number of nitrogens with one attached hydrogen (secondary N) is 2. The second-order valence-corrected chi connectivity index (χ2v) is 5.04. The summed E-state index contributed by atoms with van der Waals surface area (Å²) in [5.41, 5.74) is 3.59. The number of aromatic nitrogens is 2. The van der Waals surface area contributed by atoms with Crippen molar-refractivity contribution in [3.05, 3.63) is 58.6 Å². The minimum Gasteiger partial charge on any atom is -0.465 e. The van der Waals surface area contributed by atoms with E-state index in [9.17, 15) is 4.79 Å². The van der Waals surface area contributed by atoms with Crippen LogP contribution in [0, 0.1) is 0 Å². The number of rotatable bonds is 3. The lowest BCUT2D eigenvalue weighted by molar-refractivity contribution is 0.209. The van der Waals surface area contributed by atoms with Crippen molar-refractivity contribution in [1.29, 1.82) is 0 Å². The second-order valence-electron chi connectivity index (χ2n) is 4.64. The van der Waals surface area contributed by atoms with Crippen LogP contribution in [0.15, 0.2) is 42.5 Å². The first-order chi connectivity index (χ1) is 10.1. The number of H-pyrrole nitrogens is 1. The SMILES string of the molecule is Cl.O=C(O)Nc1nc2cc(Cc3ccccc3Cl)ccc2[nH]1. The lowest BCUT2D eigenvalue weighted by Crippen LogP contribution is -2.08. The van der Waals surface area contributed by atoms with Crippen LogP contribution in [-0.4, -0.2) is 21.2 Å². The highest BCUT2D eigenvalue weighted by Gasteiger charge is 2.07. The van der Waals surface area contributed by atoms with Crippen LogP contribution in [0.1, 0.15) is 11.1 Å². The third kappa shape index (κ3) is 3.50. The van der Waals surface area contributed by atoms with E-state index in [1.807, 2.05) is 42.5 Å². The smallest absolute Gasteiger partial charge is 0.411 e. The van der Waals surface area contributed by atoms with Gasteiger partial charge in [-0.15, -0.1) is 12.4 Å². The molecule has 0 aliphatic rings. The van der Waals surface area contributed by atoms with Crippen LogP contribution >= 0.6 is 24.0 Å². The van der Waals surface area contributed by atoms with E-state index in [4.69, 9.17) is 16.7 Å². The molecule has 0 fully saturated rings. The van der Waals surface area contributed by atoms with Gasteiger partial charge in [-0.3, -0.25) is 5.32 Å². The van der Waals surface area contributed by atoms with E-state index in [-0.39, 0.29) is 18.4 Å². The van der Waals surface area contributed by atoms with Crippen molar-refractivity contribution in [1.82, 2.24) is 9.97 Å². The normalized spacial score (nSPS) is 10.2. The largest absolute Gasteiger partial charge is 0.465 e. The number of benzene rings is 2. The number of aromatic amines is 1. The van der Waals surface area contributed by atoms with Crippen LogP contribution in [0.25, 0.3) is 11.0 Å². The maximum Gasteiger partial charge on any atom is 0.411 e.